The number of aryl methyl sites for hydroxylation is 1. The molecule has 2 heterocycles. The van der Waals surface area contributed by atoms with Gasteiger partial charge in [0.2, 0.25) is 5.95 Å². The number of nitrogen functional groups attached to an aromatic ring is 1. The molecule has 0 aliphatic rings. The van der Waals surface area contributed by atoms with E-state index in [4.69, 9.17) is 20.9 Å². The van der Waals surface area contributed by atoms with Crippen LogP contribution in [0.5, 0.6) is 0 Å². The molecule has 0 aliphatic carbocycles. The van der Waals surface area contributed by atoms with E-state index in [2.05, 4.69) is 21.9 Å². The summed E-state index contributed by atoms with van der Waals surface area (Å²) in [4.78, 5) is 47.6. The first-order valence-corrected chi connectivity index (χ1v) is 14.5. The number of fused-ring (bicyclic) bond motifs is 1. The molecule has 0 aliphatic heterocycles. The number of hydrogen-bond acceptors (Lipinski definition) is 9. The van der Waals surface area contributed by atoms with E-state index in [0.29, 0.717) is 25.0 Å². The van der Waals surface area contributed by atoms with E-state index in [1.54, 1.807) is 4.57 Å². The van der Waals surface area contributed by atoms with Crippen molar-refractivity contribution in [1.29, 1.82) is 0 Å². The lowest BCUT2D eigenvalue weighted by molar-refractivity contribution is -0.151. The Morgan fingerprint density at radius 3 is 2.33 bits per heavy atom. The van der Waals surface area contributed by atoms with Gasteiger partial charge in [-0.15, -0.1) is 0 Å². The van der Waals surface area contributed by atoms with Crippen molar-refractivity contribution in [1.82, 2.24) is 19.5 Å². The molecule has 220 valence electrons. The molecule has 0 radical (unpaired) electrons. The molecular formula is C28H48N6O5. The fraction of sp³-hybridized carbons (Fsp3) is 0.750. The van der Waals surface area contributed by atoms with Crippen LogP contribution in [0.3, 0.4) is 0 Å². The van der Waals surface area contributed by atoms with Crippen LogP contribution in [0.25, 0.3) is 11.2 Å². The Labute approximate surface area is 231 Å². The van der Waals surface area contributed by atoms with E-state index in [1.165, 1.54) is 44.9 Å². The van der Waals surface area contributed by atoms with Gasteiger partial charge in [-0.2, -0.15) is 4.98 Å². The number of carbonyl (C=O) groups excluding carboxylic acids is 2. The van der Waals surface area contributed by atoms with Crippen molar-refractivity contribution in [2.45, 2.75) is 110 Å². The number of aromatic amines is 1. The standard InChI is InChI=1S/C28H48N6O5/c1-4-6-7-8-9-10-11-12-13-14-22(35)38-17-21(18-39-27(37)23(29)20(3)5-2)15-16-34-19-31-24-25(34)32-28(30)33-26(24)36/h19-21,23H,4-18,29H2,1-3H3,(H3,30,32,33,36)/t20?,21?,23-/m0/s1. The minimum atomic E-state index is -0.707. The van der Waals surface area contributed by atoms with E-state index >= 15 is 0 Å². The Bertz CT molecular complexity index is 1070. The van der Waals surface area contributed by atoms with Gasteiger partial charge < -0.3 is 25.5 Å². The van der Waals surface area contributed by atoms with Crippen molar-refractivity contribution in [3.05, 3.63) is 16.7 Å². The zero-order valence-corrected chi connectivity index (χ0v) is 24.0. The number of H-pyrrole nitrogens is 1. The van der Waals surface area contributed by atoms with Gasteiger partial charge in [0.25, 0.3) is 5.56 Å². The first-order chi connectivity index (χ1) is 18.8. The highest BCUT2D eigenvalue weighted by atomic mass is 16.5. The number of nitrogens with two attached hydrogens (primary N) is 2. The van der Waals surface area contributed by atoms with Crippen LogP contribution in [0.1, 0.15) is 97.8 Å². The molecule has 3 atom stereocenters. The van der Waals surface area contributed by atoms with Crippen LogP contribution >= 0.6 is 0 Å². The van der Waals surface area contributed by atoms with Crippen molar-refractivity contribution in [3.63, 3.8) is 0 Å². The minimum absolute atomic E-state index is 0.00273. The molecule has 0 amide bonds. The lowest BCUT2D eigenvalue weighted by atomic mass is 10.0. The molecule has 0 saturated carbocycles. The number of unbranched alkanes of at least 4 members (excludes halogenated alkanes) is 8. The Balaban J connectivity index is 1.86. The van der Waals surface area contributed by atoms with Crippen LogP contribution in [0, 0.1) is 11.8 Å². The van der Waals surface area contributed by atoms with Gasteiger partial charge in [-0.3, -0.25) is 19.4 Å². The Morgan fingerprint density at radius 1 is 1.03 bits per heavy atom. The topological polar surface area (TPSA) is 168 Å². The van der Waals surface area contributed by atoms with Gasteiger partial charge in [-0.25, -0.2) is 4.98 Å². The monoisotopic (exact) mass is 548 g/mol. The zero-order valence-electron chi connectivity index (χ0n) is 24.0. The van der Waals surface area contributed by atoms with Crippen LogP contribution < -0.4 is 17.0 Å². The molecular weight excluding hydrogens is 500 g/mol. The van der Waals surface area contributed by atoms with Crippen LogP contribution in [0.15, 0.2) is 11.1 Å². The molecule has 0 fully saturated rings. The molecule has 0 aromatic carbocycles. The molecule has 0 bridgehead atoms. The van der Waals surface area contributed by atoms with Gasteiger partial charge in [0.05, 0.1) is 19.5 Å². The predicted octanol–water partition coefficient (Wildman–Crippen LogP) is 4.09. The summed E-state index contributed by atoms with van der Waals surface area (Å²) in [6, 6.07) is -0.707. The lowest BCUT2D eigenvalue weighted by Gasteiger charge is -2.21. The first kappa shape index (κ1) is 32.3. The number of carbonyl (C=O) groups is 2. The molecule has 2 rings (SSSR count). The molecule has 0 saturated heterocycles. The smallest absolute Gasteiger partial charge is 0.323 e. The number of hydrogen-bond donors (Lipinski definition) is 3. The molecule has 11 nitrogen and oxygen atoms in total. The second kappa shape index (κ2) is 17.6. The molecule has 2 aromatic rings. The summed E-state index contributed by atoms with van der Waals surface area (Å²) >= 11 is 0. The highest BCUT2D eigenvalue weighted by Gasteiger charge is 2.23. The van der Waals surface area contributed by atoms with E-state index in [1.807, 2.05) is 13.8 Å². The number of nitrogens with one attached hydrogen (secondary N) is 1. The zero-order chi connectivity index (χ0) is 28.6. The number of rotatable bonds is 20. The quantitative estimate of drug-likeness (QED) is 0.163. The van der Waals surface area contributed by atoms with Gasteiger partial charge >= 0.3 is 11.9 Å². The number of ether oxygens (including phenoxy) is 2. The van der Waals surface area contributed by atoms with E-state index in [0.717, 1.165) is 25.7 Å². The second-order valence-corrected chi connectivity index (χ2v) is 10.5. The molecule has 2 aromatic heterocycles. The summed E-state index contributed by atoms with van der Waals surface area (Å²) < 4.78 is 12.8. The van der Waals surface area contributed by atoms with E-state index in [-0.39, 0.29) is 42.5 Å². The Hall–Kier alpha value is -2.95. The molecule has 5 N–H and O–H groups in total. The largest absolute Gasteiger partial charge is 0.465 e. The maximum atomic E-state index is 12.4. The average molecular weight is 549 g/mol. The molecule has 2 unspecified atom stereocenters. The van der Waals surface area contributed by atoms with Crippen molar-refractivity contribution in [2.75, 3.05) is 18.9 Å². The van der Waals surface area contributed by atoms with Crippen LogP contribution in [-0.4, -0.2) is 50.7 Å². The highest BCUT2D eigenvalue weighted by molar-refractivity contribution is 5.75. The van der Waals surface area contributed by atoms with E-state index in [9.17, 15) is 14.4 Å². The average Bonchev–Trinajstić information content (AvgIpc) is 3.33. The number of aromatic nitrogens is 4. The maximum Gasteiger partial charge on any atom is 0.323 e. The minimum Gasteiger partial charge on any atom is -0.465 e. The Morgan fingerprint density at radius 2 is 1.67 bits per heavy atom. The van der Waals surface area contributed by atoms with Crippen molar-refractivity contribution in [2.24, 2.45) is 17.6 Å². The van der Waals surface area contributed by atoms with Crippen molar-refractivity contribution >= 4 is 29.1 Å². The van der Waals surface area contributed by atoms with Gasteiger partial charge in [-0.05, 0) is 18.8 Å². The summed E-state index contributed by atoms with van der Waals surface area (Å²) in [6.45, 7) is 6.69. The molecule has 11 heteroatoms. The number of esters is 2. The van der Waals surface area contributed by atoms with Gasteiger partial charge in [0, 0.05) is 18.9 Å². The summed E-state index contributed by atoms with van der Waals surface area (Å²) in [5, 5.41) is 0. The van der Waals surface area contributed by atoms with Crippen LogP contribution in [0.4, 0.5) is 5.95 Å². The summed E-state index contributed by atoms with van der Waals surface area (Å²) in [5.74, 6) is -0.979. The van der Waals surface area contributed by atoms with Gasteiger partial charge in [0.15, 0.2) is 11.2 Å². The number of anilines is 1. The Kier molecular flexibility index (Phi) is 14.6. The number of nitrogens with zero attached hydrogens (tertiary/aromatic N) is 3. The molecule has 0 spiro atoms. The maximum absolute atomic E-state index is 12.4. The van der Waals surface area contributed by atoms with Gasteiger partial charge in [0.1, 0.15) is 6.04 Å². The summed E-state index contributed by atoms with van der Waals surface area (Å²) in [6.07, 6.45) is 13.7. The van der Waals surface area contributed by atoms with E-state index < -0.39 is 17.6 Å². The lowest BCUT2D eigenvalue weighted by Crippen LogP contribution is -2.39. The van der Waals surface area contributed by atoms with Crippen molar-refractivity contribution in [3.8, 4) is 0 Å². The normalized spacial score (nSPS) is 13.7. The predicted molar refractivity (Wildman–Crippen MR) is 152 cm³/mol. The SMILES string of the molecule is CCCCCCCCCCCC(=O)OCC(CCn1cnc2c(=O)[nH]c(N)nc21)COC(=O)[C@@H](N)C(C)CC. The third kappa shape index (κ3) is 11.4. The number of imidazole rings is 1. The first-order valence-electron chi connectivity index (χ1n) is 14.5. The van der Waals surface area contributed by atoms with Crippen molar-refractivity contribution < 1.29 is 19.1 Å². The van der Waals surface area contributed by atoms with Gasteiger partial charge in [-0.1, -0.05) is 78.6 Å². The third-order valence-electron chi connectivity index (χ3n) is 7.23. The fourth-order valence-corrected chi connectivity index (χ4v) is 4.32. The fourth-order valence-electron chi connectivity index (χ4n) is 4.32. The summed E-state index contributed by atoms with van der Waals surface area (Å²) in [7, 11) is 0. The molecule has 39 heavy (non-hydrogen) atoms. The second-order valence-electron chi connectivity index (χ2n) is 10.5. The van der Waals surface area contributed by atoms with Crippen LogP contribution in [0.2, 0.25) is 0 Å². The van der Waals surface area contributed by atoms with Crippen LogP contribution in [-0.2, 0) is 25.6 Å². The third-order valence-corrected chi connectivity index (χ3v) is 7.23. The summed E-state index contributed by atoms with van der Waals surface area (Å²) in [5.41, 5.74) is 11.9. The highest BCUT2D eigenvalue weighted by Crippen LogP contribution is 2.15.